The fraction of sp³-hybridized carbons (Fsp3) is 0.286. The summed E-state index contributed by atoms with van der Waals surface area (Å²) in [6.07, 6.45) is 3.16. The third-order valence-electron chi connectivity index (χ3n) is 5.18. The summed E-state index contributed by atoms with van der Waals surface area (Å²) in [6, 6.07) is 11.2. The van der Waals surface area contributed by atoms with Gasteiger partial charge >= 0.3 is 0 Å². The van der Waals surface area contributed by atoms with E-state index < -0.39 is 0 Å². The van der Waals surface area contributed by atoms with Crippen LogP contribution in [0.1, 0.15) is 10.4 Å². The highest BCUT2D eigenvalue weighted by molar-refractivity contribution is 7.14. The van der Waals surface area contributed by atoms with E-state index in [0.29, 0.717) is 5.56 Å². The minimum atomic E-state index is 0.0740. The number of quaternary nitrogens is 1. The van der Waals surface area contributed by atoms with E-state index in [-0.39, 0.29) is 5.91 Å². The van der Waals surface area contributed by atoms with Crippen molar-refractivity contribution >= 4 is 28.1 Å². The molecule has 1 aromatic carbocycles. The van der Waals surface area contributed by atoms with Gasteiger partial charge < -0.3 is 14.7 Å². The number of anilines is 2. The second-order valence-corrected chi connectivity index (χ2v) is 8.75. The highest BCUT2D eigenvalue weighted by Crippen LogP contribution is 2.27. The van der Waals surface area contributed by atoms with Crippen LogP contribution in [0, 0.1) is 0 Å². The Balaban J connectivity index is 1.46. The predicted molar refractivity (Wildman–Crippen MR) is 112 cm³/mol. The van der Waals surface area contributed by atoms with Crippen LogP contribution in [0.2, 0.25) is 0 Å². The lowest BCUT2D eigenvalue weighted by Crippen LogP contribution is -2.56. The minimum Gasteiger partial charge on any atom is -0.332 e. The number of benzene rings is 1. The third kappa shape index (κ3) is 4.55. The van der Waals surface area contributed by atoms with E-state index in [1.807, 2.05) is 40.6 Å². The van der Waals surface area contributed by atoms with Gasteiger partial charge in [-0.2, -0.15) is 0 Å². The molecule has 1 aliphatic heterocycles. The molecule has 0 radical (unpaired) electrons. The maximum absolute atomic E-state index is 12.9. The maximum atomic E-state index is 12.9. The predicted octanol–water partition coefficient (Wildman–Crippen LogP) is 2.61. The standard InChI is InChI=1S/C21H25N5O2S/c1-26(2)11-9-24(10-12-26)20(27)16-5-3-7-18(13-16)22-21-23-19(15-29-21)17-6-4-8-25(28)14-17/h3-8,13-15,28H,9-12H2,1-2H3,(H,22,23)/q+2. The van der Waals surface area contributed by atoms with E-state index in [1.54, 1.807) is 18.5 Å². The summed E-state index contributed by atoms with van der Waals surface area (Å²) in [6.45, 7) is 3.50. The highest BCUT2D eigenvalue weighted by atomic mass is 32.1. The maximum Gasteiger partial charge on any atom is 0.254 e. The van der Waals surface area contributed by atoms with Gasteiger partial charge in [-0.1, -0.05) is 6.07 Å². The number of thiazole rings is 1. The van der Waals surface area contributed by atoms with Crippen LogP contribution in [0.5, 0.6) is 0 Å². The van der Waals surface area contributed by atoms with Gasteiger partial charge in [0.05, 0.1) is 51.5 Å². The van der Waals surface area contributed by atoms with Gasteiger partial charge in [-0.25, -0.2) is 4.98 Å². The topological polar surface area (TPSA) is 69.3 Å². The van der Waals surface area contributed by atoms with Crippen molar-refractivity contribution in [3.05, 3.63) is 59.7 Å². The zero-order valence-electron chi connectivity index (χ0n) is 16.6. The van der Waals surface area contributed by atoms with Crippen molar-refractivity contribution in [3.8, 4) is 11.3 Å². The SMILES string of the molecule is C[N+]1(C)CCN(C(=O)c2cccc(Nc3nc(-c4ccc[n+](O)c4)cs3)c2)CC1. The van der Waals surface area contributed by atoms with Crippen LogP contribution in [0.15, 0.2) is 54.2 Å². The highest BCUT2D eigenvalue weighted by Gasteiger charge is 2.27. The molecule has 3 heterocycles. The Morgan fingerprint density at radius 3 is 2.79 bits per heavy atom. The lowest BCUT2D eigenvalue weighted by Gasteiger charge is -2.39. The van der Waals surface area contributed by atoms with Gasteiger partial charge in [-0.3, -0.25) is 10.0 Å². The molecule has 3 aromatic rings. The summed E-state index contributed by atoms with van der Waals surface area (Å²) in [7, 11) is 4.40. The lowest BCUT2D eigenvalue weighted by molar-refractivity contribution is -0.904. The molecule has 2 aromatic heterocycles. The van der Waals surface area contributed by atoms with Crippen molar-refractivity contribution in [1.82, 2.24) is 9.88 Å². The zero-order chi connectivity index (χ0) is 20.4. The van der Waals surface area contributed by atoms with Crippen LogP contribution in [0.25, 0.3) is 11.3 Å². The Hall–Kier alpha value is -2.97. The number of piperazine rings is 1. The van der Waals surface area contributed by atoms with Crippen LogP contribution in [0.4, 0.5) is 10.8 Å². The molecule has 2 N–H and O–H groups in total. The number of rotatable bonds is 4. The van der Waals surface area contributed by atoms with Crippen LogP contribution in [-0.4, -0.2) is 65.8 Å². The van der Waals surface area contributed by atoms with E-state index in [0.717, 1.165) is 57.5 Å². The summed E-state index contributed by atoms with van der Waals surface area (Å²) in [5.41, 5.74) is 3.12. The summed E-state index contributed by atoms with van der Waals surface area (Å²) in [5, 5.41) is 15.5. The Kier molecular flexibility index (Phi) is 5.21. The molecule has 0 unspecified atom stereocenters. The molecule has 8 heteroatoms. The average molecular weight is 412 g/mol. The Morgan fingerprint density at radius 2 is 2.03 bits per heavy atom. The Bertz CT molecular complexity index is 1020. The smallest absolute Gasteiger partial charge is 0.254 e. The molecule has 4 rings (SSSR count). The van der Waals surface area contributed by atoms with Crippen molar-refractivity contribution in [2.45, 2.75) is 0 Å². The number of carbonyl (C=O) groups excluding carboxylic acids is 1. The number of nitrogens with one attached hydrogen (secondary N) is 1. The molecule has 150 valence electrons. The second kappa shape index (κ2) is 7.81. The van der Waals surface area contributed by atoms with Gasteiger partial charge in [0.1, 0.15) is 0 Å². The number of hydrogen-bond donors (Lipinski definition) is 2. The largest absolute Gasteiger partial charge is 0.332 e. The van der Waals surface area contributed by atoms with E-state index in [4.69, 9.17) is 0 Å². The molecule has 0 aliphatic carbocycles. The molecule has 0 atom stereocenters. The van der Waals surface area contributed by atoms with Crippen LogP contribution < -0.4 is 10.0 Å². The number of amides is 1. The average Bonchev–Trinajstić information content (AvgIpc) is 3.16. The monoisotopic (exact) mass is 411 g/mol. The lowest BCUT2D eigenvalue weighted by atomic mass is 10.1. The van der Waals surface area contributed by atoms with Crippen LogP contribution in [0.3, 0.4) is 0 Å². The first-order valence-electron chi connectivity index (χ1n) is 9.54. The number of carbonyl (C=O) groups is 1. The molecule has 0 spiro atoms. The molecule has 29 heavy (non-hydrogen) atoms. The van der Waals surface area contributed by atoms with Gasteiger partial charge in [0, 0.05) is 27.4 Å². The molecule has 1 amide bonds. The third-order valence-corrected chi connectivity index (χ3v) is 5.94. The molecular weight excluding hydrogens is 386 g/mol. The van der Waals surface area contributed by atoms with Gasteiger partial charge in [-0.15, -0.1) is 11.3 Å². The van der Waals surface area contributed by atoms with Crippen molar-refractivity contribution in [2.75, 3.05) is 45.6 Å². The second-order valence-electron chi connectivity index (χ2n) is 7.89. The molecule has 1 fully saturated rings. The molecule has 1 aliphatic rings. The minimum absolute atomic E-state index is 0.0740. The number of aromatic nitrogens is 2. The number of nitrogens with zero attached hydrogens (tertiary/aromatic N) is 4. The van der Waals surface area contributed by atoms with Crippen molar-refractivity contribution in [1.29, 1.82) is 0 Å². The first-order valence-corrected chi connectivity index (χ1v) is 10.4. The van der Waals surface area contributed by atoms with Gasteiger partial charge in [0.25, 0.3) is 5.91 Å². The van der Waals surface area contributed by atoms with E-state index >= 15 is 0 Å². The number of likely N-dealkylation sites (N-methyl/N-ethyl adjacent to an activating group) is 1. The van der Waals surface area contributed by atoms with Crippen molar-refractivity contribution < 1.29 is 19.2 Å². The number of hydrogen-bond acceptors (Lipinski definition) is 5. The van der Waals surface area contributed by atoms with Gasteiger partial charge in [0.2, 0.25) is 12.4 Å². The molecular formula is C21H25N5O2S+2. The molecule has 1 saturated heterocycles. The van der Waals surface area contributed by atoms with Gasteiger partial charge in [-0.05, 0) is 24.3 Å². The molecule has 7 nitrogen and oxygen atoms in total. The fourth-order valence-electron chi connectivity index (χ4n) is 3.32. The van der Waals surface area contributed by atoms with Crippen LogP contribution >= 0.6 is 11.3 Å². The van der Waals surface area contributed by atoms with E-state index in [1.165, 1.54) is 11.3 Å². The fourth-order valence-corrected chi connectivity index (χ4v) is 4.06. The normalized spacial score (nSPS) is 15.9. The van der Waals surface area contributed by atoms with E-state index in [2.05, 4.69) is 24.4 Å². The summed E-state index contributed by atoms with van der Waals surface area (Å²) in [4.78, 5) is 19.4. The zero-order valence-corrected chi connectivity index (χ0v) is 17.4. The number of pyridine rings is 1. The van der Waals surface area contributed by atoms with Crippen molar-refractivity contribution in [3.63, 3.8) is 0 Å². The molecule has 0 saturated carbocycles. The summed E-state index contributed by atoms with van der Waals surface area (Å²) in [5.74, 6) is 0.0740. The first-order chi connectivity index (χ1) is 13.9. The summed E-state index contributed by atoms with van der Waals surface area (Å²) < 4.78 is 1.97. The Labute approximate surface area is 174 Å². The van der Waals surface area contributed by atoms with Crippen LogP contribution in [-0.2, 0) is 0 Å². The first kappa shape index (κ1) is 19.4. The quantitative estimate of drug-likeness (QED) is 0.393. The Morgan fingerprint density at radius 1 is 1.24 bits per heavy atom. The molecule has 0 bridgehead atoms. The van der Waals surface area contributed by atoms with Crippen molar-refractivity contribution in [2.24, 2.45) is 0 Å². The van der Waals surface area contributed by atoms with Gasteiger partial charge in [0.15, 0.2) is 5.13 Å². The van der Waals surface area contributed by atoms with E-state index in [9.17, 15) is 10.0 Å². The summed E-state index contributed by atoms with van der Waals surface area (Å²) >= 11 is 1.48.